The van der Waals surface area contributed by atoms with Crippen LogP contribution in [0.5, 0.6) is 0 Å². The number of amides is 1. The highest BCUT2D eigenvalue weighted by molar-refractivity contribution is 7.93. The highest BCUT2D eigenvalue weighted by atomic mass is 35.5. The molecule has 2 saturated carbocycles. The Balaban J connectivity index is 1.59. The zero-order chi connectivity index (χ0) is 31.1. The fourth-order valence-electron chi connectivity index (χ4n) is 7.96. The minimum atomic E-state index is -3.51. The number of hydrogen-bond acceptors (Lipinski definition) is 4. The molecule has 6 nitrogen and oxygen atoms in total. The van der Waals surface area contributed by atoms with Crippen molar-refractivity contribution in [2.75, 3.05) is 0 Å². The van der Waals surface area contributed by atoms with E-state index in [4.69, 9.17) is 23.2 Å². The molecule has 3 fully saturated rings. The van der Waals surface area contributed by atoms with Crippen LogP contribution < -0.4 is 0 Å². The van der Waals surface area contributed by atoms with Gasteiger partial charge in [0.05, 0.1) is 28.4 Å². The number of halogens is 2. The minimum Gasteiger partial charge on any atom is -0.481 e. The highest BCUT2D eigenvalue weighted by Gasteiger charge is 2.59. The van der Waals surface area contributed by atoms with Crippen molar-refractivity contribution in [2.45, 2.75) is 93.7 Å². The van der Waals surface area contributed by atoms with Crippen LogP contribution in [0.4, 0.5) is 0 Å². The highest BCUT2D eigenvalue weighted by Crippen LogP contribution is 2.56. The van der Waals surface area contributed by atoms with Crippen molar-refractivity contribution in [3.8, 4) is 0 Å². The lowest BCUT2D eigenvalue weighted by atomic mass is 9.65. The molecule has 0 bridgehead atoms. The van der Waals surface area contributed by atoms with Gasteiger partial charge in [-0.2, -0.15) is 0 Å². The lowest BCUT2D eigenvalue weighted by Gasteiger charge is -2.52. The number of hydrogen-bond donors (Lipinski definition) is 1. The average molecular weight is 647 g/mol. The summed E-state index contributed by atoms with van der Waals surface area (Å²) in [5.74, 6) is -1.71. The second kappa shape index (κ2) is 12.6. The van der Waals surface area contributed by atoms with Gasteiger partial charge in [-0.1, -0.05) is 73.3 Å². The zero-order valence-electron chi connectivity index (χ0n) is 24.8. The van der Waals surface area contributed by atoms with E-state index in [0.29, 0.717) is 29.3 Å². The molecular formula is C34H41Cl2NO5S. The number of likely N-dealkylation sites (tertiary alicyclic amines) is 1. The predicted octanol–water partition coefficient (Wildman–Crippen LogP) is 7.86. The van der Waals surface area contributed by atoms with E-state index < -0.39 is 43.8 Å². The Kier molecular flexibility index (Phi) is 9.37. The summed E-state index contributed by atoms with van der Waals surface area (Å²) in [5, 5.41) is 9.96. The Morgan fingerprint density at radius 2 is 1.79 bits per heavy atom. The van der Waals surface area contributed by atoms with Crippen LogP contribution in [-0.4, -0.2) is 46.8 Å². The molecule has 1 aliphatic heterocycles. The Hall–Kier alpha value is -2.35. The fraction of sp³-hybridized carbons (Fsp3) is 0.529. The first-order chi connectivity index (χ1) is 20.4. The number of nitrogens with zero attached hydrogens (tertiary/aromatic N) is 1. The Morgan fingerprint density at radius 3 is 2.37 bits per heavy atom. The maximum atomic E-state index is 14.7. The van der Waals surface area contributed by atoms with Gasteiger partial charge in [0.2, 0.25) is 5.91 Å². The van der Waals surface area contributed by atoms with Crippen LogP contribution in [0.15, 0.2) is 61.2 Å². The van der Waals surface area contributed by atoms with E-state index in [1.807, 2.05) is 49.1 Å². The van der Waals surface area contributed by atoms with E-state index in [-0.39, 0.29) is 30.1 Å². The van der Waals surface area contributed by atoms with Crippen molar-refractivity contribution >= 4 is 44.9 Å². The number of carbonyl (C=O) groups excluding carboxylic acids is 1. The standard InChI is InChI=1S/C34H41Cl2NO5S/c1-4-29(22-9-6-7-10-22)43(41,42)30-18-27(30)21(3)37-32(23-13-15-25(35)16-14-23)28(24-11-8-12-26(36)17-24)19-34(5-2,33(37)40)20-31(38)39/h4,8,11-17,21-22,27-30,32H,1,5-7,9-10,18-20H2,2-3H3,(H,38,39). The third-order valence-corrected chi connectivity index (χ3v) is 13.6. The maximum Gasteiger partial charge on any atom is 0.304 e. The van der Waals surface area contributed by atoms with Crippen molar-refractivity contribution in [2.24, 2.45) is 17.3 Å². The summed E-state index contributed by atoms with van der Waals surface area (Å²) < 4.78 is 27.9. The van der Waals surface area contributed by atoms with E-state index in [0.717, 1.165) is 36.8 Å². The van der Waals surface area contributed by atoms with Crippen LogP contribution in [0.1, 0.15) is 88.3 Å². The molecule has 7 unspecified atom stereocenters. The molecule has 0 radical (unpaired) electrons. The second-order valence-electron chi connectivity index (χ2n) is 12.8. The van der Waals surface area contributed by atoms with E-state index in [9.17, 15) is 23.1 Å². The van der Waals surface area contributed by atoms with E-state index >= 15 is 0 Å². The van der Waals surface area contributed by atoms with Gasteiger partial charge >= 0.3 is 5.97 Å². The number of carboxylic acids is 1. The van der Waals surface area contributed by atoms with Gasteiger partial charge in [-0.25, -0.2) is 8.42 Å². The predicted molar refractivity (Wildman–Crippen MR) is 171 cm³/mol. The van der Waals surface area contributed by atoms with Gasteiger partial charge in [0, 0.05) is 22.0 Å². The summed E-state index contributed by atoms with van der Waals surface area (Å²) in [4.78, 5) is 28.7. The first kappa shape index (κ1) is 32.1. The molecule has 1 N–H and O–H groups in total. The quantitative estimate of drug-likeness (QED) is 0.251. The Morgan fingerprint density at radius 1 is 1.12 bits per heavy atom. The van der Waals surface area contributed by atoms with Crippen LogP contribution in [-0.2, 0) is 19.4 Å². The number of aliphatic carboxylic acids is 1. The monoisotopic (exact) mass is 645 g/mol. The first-order valence-electron chi connectivity index (χ1n) is 15.3. The van der Waals surface area contributed by atoms with Crippen LogP contribution in [0.3, 0.4) is 0 Å². The summed E-state index contributed by atoms with van der Waals surface area (Å²) in [7, 11) is -3.51. The third kappa shape index (κ3) is 6.14. The Labute approximate surface area is 265 Å². The van der Waals surface area contributed by atoms with Gasteiger partial charge in [0.1, 0.15) is 0 Å². The van der Waals surface area contributed by atoms with Crippen LogP contribution in [0, 0.1) is 17.3 Å². The number of carboxylic acid groups (broad SMARTS) is 1. The molecule has 5 rings (SSSR count). The molecule has 2 aromatic carbocycles. The number of carbonyl (C=O) groups is 2. The second-order valence-corrected chi connectivity index (χ2v) is 16.0. The van der Waals surface area contributed by atoms with Gasteiger partial charge < -0.3 is 10.0 Å². The summed E-state index contributed by atoms with van der Waals surface area (Å²) in [5.41, 5.74) is 0.630. The van der Waals surface area contributed by atoms with Crippen molar-refractivity contribution in [3.63, 3.8) is 0 Å². The average Bonchev–Trinajstić information content (AvgIpc) is 3.62. The molecule has 232 valence electrons. The van der Waals surface area contributed by atoms with Gasteiger partial charge in [0.15, 0.2) is 9.84 Å². The SMILES string of the molecule is C=CC(C1CCCC1)S(=O)(=O)C1CC1C(C)N1C(=O)C(CC)(CC(=O)O)CC(c2cccc(Cl)c2)C1c1ccc(Cl)cc1. The van der Waals surface area contributed by atoms with E-state index in [1.165, 1.54) is 0 Å². The summed E-state index contributed by atoms with van der Waals surface area (Å²) in [6, 6.07) is 14.0. The molecule has 2 aliphatic carbocycles. The normalized spacial score (nSPS) is 29.3. The topological polar surface area (TPSA) is 91.8 Å². The Bertz CT molecular complexity index is 1470. The van der Waals surface area contributed by atoms with Crippen molar-refractivity contribution in [3.05, 3.63) is 82.4 Å². The molecule has 9 heteroatoms. The molecule has 3 aliphatic rings. The van der Waals surface area contributed by atoms with E-state index in [1.54, 1.807) is 24.3 Å². The molecular weight excluding hydrogens is 605 g/mol. The lowest BCUT2D eigenvalue weighted by Crippen LogP contribution is -2.57. The van der Waals surface area contributed by atoms with Crippen LogP contribution >= 0.6 is 23.2 Å². The third-order valence-electron chi connectivity index (χ3n) is 10.4. The number of sulfone groups is 1. The van der Waals surface area contributed by atoms with Gasteiger partial charge in [0.25, 0.3) is 0 Å². The molecule has 7 atom stereocenters. The zero-order valence-corrected chi connectivity index (χ0v) is 27.1. The van der Waals surface area contributed by atoms with Crippen molar-refractivity contribution in [1.82, 2.24) is 4.90 Å². The molecule has 0 aromatic heterocycles. The van der Waals surface area contributed by atoms with E-state index in [2.05, 4.69) is 6.58 Å². The molecule has 0 spiro atoms. The molecule has 1 amide bonds. The molecule has 2 aromatic rings. The summed E-state index contributed by atoms with van der Waals surface area (Å²) >= 11 is 12.7. The van der Waals surface area contributed by atoms with Crippen molar-refractivity contribution < 1.29 is 23.1 Å². The fourth-order valence-corrected chi connectivity index (χ4v) is 11.0. The molecule has 1 saturated heterocycles. The summed E-state index contributed by atoms with van der Waals surface area (Å²) in [6.45, 7) is 7.69. The lowest BCUT2D eigenvalue weighted by molar-refractivity contribution is -0.162. The van der Waals surface area contributed by atoms with Gasteiger partial charge in [-0.05, 0) is 86.3 Å². The maximum absolute atomic E-state index is 14.7. The van der Waals surface area contributed by atoms with Crippen LogP contribution in [0.25, 0.3) is 0 Å². The van der Waals surface area contributed by atoms with Gasteiger partial charge in [-0.15, -0.1) is 6.58 Å². The minimum absolute atomic E-state index is 0.0907. The molecule has 1 heterocycles. The van der Waals surface area contributed by atoms with Crippen molar-refractivity contribution in [1.29, 1.82) is 0 Å². The van der Waals surface area contributed by atoms with Crippen LogP contribution in [0.2, 0.25) is 10.0 Å². The first-order valence-corrected chi connectivity index (χ1v) is 17.7. The van der Waals surface area contributed by atoms with Gasteiger partial charge in [-0.3, -0.25) is 9.59 Å². The number of rotatable bonds is 11. The summed E-state index contributed by atoms with van der Waals surface area (Å²) in [6.07, 6.45) is 6.30. The molecule has 43 heavy (non-hydrogen) atoms. The largest absolute Gasteiger partial charge is 0.481 e. The number of piperidine rings is 1. The smallest absolute Gasteiger partial charge is 0.304 e. The number of benzene rings is 2.